The van der Waals surface area contributed by atoms with Crippen molar-refractivity contribution in [3.05, 3.63) is 84.2 Å². The van der Waals surface area contributed by atoms with Crippen molar-refractivity contribution >= 4 is 22.6 Å². The molecule has 9 heteroatoms. The standard InChI is InChI=1S/C25H20F3N5O/c26-25(27,28)19-9-7-17(8-10-19)24(34)33-14-12-32(13-15-33)23-20-5-1-2-6-21(20)30-22(31-23)18-4-3-11-29-16-18/h1-11,16H,12-15H2. The lowest BCUT2D eigenvalue weighted by atomic mass is 10.1. The zero-order valence-electron chi connectivity index (χ0n) is 18.0. The predicted octanol–water partition coefficient (Wildman–Crippen LogP) is 4.67. The molecule has 0 atom stereocenters. The van der Waals surface area contributed by atoms with E-state index in [-0.39, 0.29) is 11.5 Å². The van der Waals surface area contributed by atoms with Crippen LogP contribution in [-0.4, -0.2) is 51.9 Å². The fraction of sp³-hybridized carbons (Fsp3) is 0.200. The molecule has 2 aromatic heterocycles. The van der Waals surface area contributed by atoms with Gasteiger partial charge in [-0.25, -0.2) is 9.97 Å². The highest BCUT2D eigenvalue weighted by molar-refractivity contribution is 5.95. The molecule has 0 N–H and O–H groups in total. The van der Waals surface area contributed by atoms with Crippen LogP contribution in [0.2, 0.25) is 0 Å². The van der Waals surface area contributed by atoms with Gasteiger partial charge in [0, 0.05) is 55.1 Å². The Morgan fingerprint density at radius 3 is 2.26 bits per heavy atom. The Balaban J connectivity index is 1.36. The number of carbonyl (C=O) groups is 1. The Morgan fingerprint density at radius 2 is 1.59 bits per heavy atom. The van der Waals surface area contributed by atoms with Crippen molar-refractivity contribution in [2.45, 2.75) is 6.18 Å². The number of amides is 1. The van der Waals surface area contributed by atoms with E-state index in [9.17, 15) is 18.0 Å². The van der Waals surface area contributed by atoms with E-state index < -0.39 is 11.7 Å². The summed E-state index contributed by atoms with van der Waals surface area (Å²) in [4.78, 5) is 30.3. The number of piperazine rings is 1. The number of carbonyl (C=O) groups excluding carboxylic acids is 1. The van der Waals surface area contributed by atoms with Crippen LogP contribution >= 0.6 is 0 Å². The largest absolute Gasteiger partial charge is 0.416 e. The number of aromatic nitrogens is 3. The van der Waals surface area contributed by atoms with E-state index in [1.54, 1.807) is 17.3 Å². The maximum Gasteiger partial charge on any atom is 0.416 e. The van der Waals surface area contributed by atoms with Crippen LogP contribution in [0.4, 0.5) is 19.0 Å². The monoisotopic (exact) mass is 463 g/mol. The molecule has 0 spiro atoms. The average molecular weight is 463 g/mol. The number of pyridine rings is 1. The van der Waals surface area contributed by atoms with E-state index in [2.05, 4.69) is 14.9 Å². The second-order valence-corrected chi connectivity index (χ2v) is 7.98. The number of halogens is 3. The van der Waals surface area contributed by atoms with Gasteiger partial charge in [-0.2, -0.15) is 13.2 Å². The van der Waals surface area contributed by atoms with Gasteiger partial charge in [0.1, 0.15) is 5.82 Å². The van der Waals surface area contributed by atoms with Gasteiger partial charge in [-0.15, -0.1) is 0 Å². The lowest BCUT2D eigenvalue weighted by molar-refractivity contribution is -0.137. The van der Waals surface area contributed by atoms with Crippen molar-refractivity contribution in [3.8, 4) is 11.4 Å². The summed E-state index contributed by atoms with van der Waals surface area (Å²) < 4.78 is 38.4. The van der Waals surface area contributed by atoms with E-state index in [1.807, 2.05) is 36.4 Å². The third kappa shape index (κ3) is 4.28. The fourth-order valence-corrected chi connectivity index (χ4v) is 4.03. The predicted molar refractivity (Wildman–Crippen MR) is 122 cm³/mol. The van der Waals surface area contributed by atoms with Crippen molar-refractivity contribution in [2.24, 2.45) is 0 Å². The lowest BCUT2D eigenvalue weighted by Crippen LogP contribution is -2.49. The molecular weight excluding hydrogens is 443 g/mol. The number of para-hydroxylation sites is 1. The molecule has 2 aromatic carbocycles. The Morgan fingerprint density at radius 1 is 0.853 bits per heavy atom. The zero-order chi connectivity index (χ0) is 23.7. The van der Waals surface area contributed by atoms with Crippen LogP contribution in [0.5, 0.6) is 0 Å². The summed E-state index contributed by atoms with van der Waals surface area (Å²) in [6.07, 6.45) is -1.02. The van der Waals surface area contributed by atoms with Crippen LogP contribution in [0.15, 0.2) is 73.1 Å². The second-order valence-electron chi connectivity index (χ2n) is 7.98. The zero-order valence-corrected chi connectivity index (χ0v) is 18.0. The maximum absolute atomic E-state index is 12.8. The molecule has 1 aliphatic heterocycles. The molecule has 1 saturated heterocycles. The van der Waals surface area contributed by atoms with Crippen molar-refractivity contribution in [2.75, 3.05) is 31.1 Å². The highest BCUT2D eigenvalue weighted by atomic mass is 19.4. The number of hydrogen-bond donors (Lipinski definition) is 0. The van der Waals surface area contributed by atoms with Crippen molar-refractivity contribution in [1.29, 1.82) is 0 Å². The number of hydrogen-bond acceptors (Lipinski definition) is 5. The summed E-state index contributed by atoms with van der Waals surface area (Å²) in [7, 11) is 0. The topological polar surface area (TPSA) is 62.2 Å². The molecule has 172 valence electrons. The van der Waals surface area contributed by atoms with Gasteiger partial charge in [-0.05, 0) is 48.5 Å². The van der Waals surface area contributed by atoms with E-state index in [0.29, 0.717) is 32.0 Å². The molecule has 6 nitrogen and oxygen atoms in total. The summed E-state index contributed by atoms with van der Waals surface area (Å²) in [5.41, 5.74) is 1.10. The first kappa shape index (κ1) is 21.8. The van der Waals surface area contributed by atoms with Gasteiger partial charge in [-0.3, -0.25) is 9.78 Å². The lowest BCUT2D eigenvalue weighted by Gasteiger charge is -2.36. The van der Waals surface area contributed by atoms with E-state index in [1.165, 1.54) is 12.1 Å². The van der Waals surface area contributed by atoms with E-state index in [0.717, 1.165) is 34.4 Å². The molecular formula is C25H20F3N5O. The Bertz CT molecular complexity index is 1320. The molecule has 3 heterocycles. The highest BCUT2D eigenvalue weighted by Crippen LogP contribution is 2.30. The number of benzene rings is 2. The number of alkyl halides is 3. The first-order chi connectivity index (χ1) is 16.4. The van der Waals surface area contributed by atoms with Gasteiger partial charge >= 0.3 is 6.18 Å². The first-order valence-corrected chi connectivity index (χ1v) is 10.8. The van der Waals surface area contributed by atoms with Crippen LogP contribution in [0.25, 0.3) is 22.3 Å². The summed E-state index contributed by atoms with van der Waals surface area (Å²) in [6, 6.07) is 15.8. The molecule has 5 rings (SSSR count). The van der Waals surface area contributed by atoms with Gasteiger partial charge in [0.2, 0.25) is 0 Å². The summed E-state index contributed by atoms with van der Waals surface area (Å²) in [5.74, 6) is 1.08. The molecule has 1 aliphatic rings. The van der Waals surface area contributed by atoms with Gasteiger partial charge in [0.15, 0.2) is 5.82 Å². The molecule has 34 heavy (non-hydrogen) atoms. The SMILES string of the molecule is O=C(c1ccc(C(F)(F)F)cc1)N1CCN(c2nc(-c3cccnc3)nc3ccccc23)CC1. The number of fused-ring (bicyclic) bond motifs is 1. The number of rotatable bonds is 3. The van der Waals surface area contributed by atoms with Gasteiger partial charge in [0.25, 0.3) is 5.91 Å². The third-order valence-electron chi connectivity index (χ3n) is 5.83. The molecule has 1 amide bonds. The first-order valence-electron chi connectivity index (χ1n) is 10.8. The Hall–Kier alpha value is -4.01. The third-order valence-corrected chi connectivity index (χ3v) is 5.83. The quantitative estimate of drug-likeness (QED) is 0.442. The fourth-order valence-electron chi connectivity index (χ4n) is 4.03. The molecule has 4 aromatic rings. The summed E-state index contributed by atoms with van der Waals surface area (Å²) in [5, 5.41) is 0.914. The molecule has 0 saturated carbocycles. The van der Waals surface area contributed by atoms with E-state index >= 15 is 0 Å². The summed E-state index contributed by atoms with van der Waals surface area (Å²) in [6.45, 7) is 1.94. The molecule has 0 radical (unpaired) electrons. The van der Waals surface area contributed by atoms with Crippen LogP contribution in [0.3, 0.4) is 0 Å². The van der Waals surface area contributed by atoms with Gasteiger partial charge < -0.3 is 9.80 Å². The molecule has 0 bridgehead atoms. The molecule has 0 unspecified atom stereocenters. The van der Waals surface area contributed by atoms with Gasteiger partial charge in [0.05, 0.1) is 11.1 Å². The van der Waals surface area contributed by atoms with Crippen LogP contribution in [-0.2, 0) is 6.18 Å². The Labute approximate surface area is 193 Å². The smallest absolute Gasteiger partial charge is 0.352 e. The number of nitrogens with zero attached hydrogens (tertiary/aromatic N) is 5. The second kappa shape index (κ2) is 8.74. The normalized spacial score (nSPS) is 14.4. The molecule has 1 fully saturated rings. The van der Waals surface area contributed by atoms with Crippen molar-refractivity contribution < 1.29 is 18.0 Å². The summed E-state index contributed by atoms with van der Waals surface area (Å²) >= 11 is 0. The Kier molecular flexibility index (Phi) is 5.61. The van der Waals surface area contributed by atoms with Gasteiger partial charge in [-0.1, -0.05) is 12.1 Å². The van der Waals surface area contributed by atoms with Crippen LogP contribution in [0.1, 0.15) is 15.9 Å². The minimum Gasteiger partial charge on any atom is -0.352 e. The number of anilines is 1. The minimum atomic E-state index is -4.43. The van der Waals surface area contributed by atoms with Crippen molar-refractivity contribution in [3.63, 3.8) is 0 Å². The van der Waals surface area contributed by atoms with Crippen LogP contribution < -0.4 is 4.90 Å². The average Bonchev–Trinajstić information content (AvgIpc) is 2.88. The maximum atomic E-state index is 12.8. The van der Waals surface area contributed by atoms with Crippen molar-refractivity contribution in [1.82, 2.24) is 19.9 Å². The van der Waals surface area contributed by atoms with E-state index in [4.69, 9.17) is 4.98 Å². The van der Waals surface area contributed by atoms with Crippen LogP contribution in [0, 0.1) is 0 Å². The molecule has 0 aliphatic carbocycles. The highest BCUT2D eigenvalue weighted by Gasteiger charge is 2.31. The minimum absolute atomic E-state index is 0.243.